The summed E-state index contributed by atoms with van der Waals surface area (Å²) in [5.74, 6) is -1.11. The Bertz CT molecular complexity index is 511. The van der Waals surface area contributed by atoms with E-state index >= 15 is 0 Å². The van der Waals surface area contributed by atoms with Crippen LogP contribution in [0.25, 0.3) is 0 Å². The van der Waals surface area contributed by atoms with Crippen molar-refractivity contribution in [2.24, 2.45) is 0 Å². The number of likely N-dealkylation sites (N-methyl/N-ethyl adjacent to an activating group) is 1. The number of carbonyl (C=O) groups excluding carboxylic acids is 1. The van der Waals surface area contributed by atoms with Crippen molar-refractivity contribution in [3.8, 4) is 0 Å². The van der Waals surface area contributed by atoms with E-state index in [1.54, 1.807) is 7.05 Å². The Morgan fingerprint density at radius 1 is 1.32 bits per heavy atom. The molecule has 6 heteroatoms. The number of aliphatic hydroxyl groups is 1. The summed E-state index contributed by atoms with van der Waals surface area (Å²) in [5, 5.41) is 11.6. The van der Waals surface area contributed by atoms with Gasteiger partial charge in [0.2, 0.25) is 0 Å². The first-order valence-corrected chi connectivity index (χ1v) is 7.54. The van der Waals surface area contributed by atoms with Crippen molar-refractivity contribution in [3.05, 3.63) is 35.4 Å². The monoisotopic (exact) mass is 312 g/mol. The number of urea groups is 1. The van der Waals surface area contributed by atoms with Gasteiger partial charge < -0.3 is 15.3 Å². The number of benzene rings is 1. The quantitative estimate of drug-likeness (QED) is 0.877. The Morgan fingerprint density at radius 2 is 1.91 bits per heavy atom. The Morgan fingerprint density at radius 3 is 2.45 bits per heavy atom. The maximum Gasteiger partial charge on any atom is 0.317 e. The maximum absolute atomic E-state index is 14.2. The van der Waals surface area contributed by atoms with Gasteiger partial charge in [0.05, 0.1) is 6.61 Å². The summed E-state index contributed by atoms with van der Waals surface area (Å²) in [5.41, 5.74) is -0.608. The number of rotatable bonds is 5. The summed E-state index contributed by atoms with van der Waals surface area (Å²) in [6.07, 6.45) is 3.07. The lowest BCUT2D eigenvalue weighted by Crippen LogP contribution is -2.45. The molecule has 1 aromatic rings. The standard InChI is InChI=1S/C16H22F2N2O2/c1-20(9-10-21)15(22)19-11-16(7-2-3-8-16)14-12(17)5-4-6-13(14)18/h4-6,21H,2-3,7-11H2,1H3,(H,19,22). The summed E-state index contributed by atoms with van der Waals surface area (Å²) in [6.45, 7) is 0.281. The first-order chi connectivity index (χ1) is 10.5. The number of halogens is 2. The molecule has 122 valence electrons. The first-order valence-electron chi connectivity index (χ1n) is 7.54. The molecule has 0 bridgehead atoms. The van der Waals surface area contributed by atoms with Crippen LogP contribution in [-0.2, 0) is 5.41 Å². The van der Waals surface area contributed by atoms with Crippen LogP contribution in [0.5, 0.6) is 0 Å². The van der Waals surface area contributed by atoms with Crippen molar-refractivity contribution in [1.29, 1.82) is 0 Å². The van der Waals surface area contributed by atoms with E-state index in [4.69, 9.17) is 5.11 Å². The van der Waals surface area contributed by atoms with Crippen molar-refractivity contribution in [1.82, 2.24) is 10.2 Å². The van der Waals surface area contributed by atoms with Gasteiger partial charge in [-0.25, -0.2) is 13.6 Å². The topological polar surface area (TPSA) is 52.6 Å². The highest BCUT2D eigenvalue weighted by atomic mass is 19.1. The summed E-state index contributed by atoms with van der Waals surface area (Å²) in [4.78, 5) is 13.3. The lowest BCUT2D eigenvalue weighted by Gasteiger charge is -2.31. The smallest absolute Gasteiger partial charge is 0.317 e. The maximum atomic E-state index is 14.2. The summed E-state index contributed by atoms with van der Waals surface area (Å²) in [6, 6.07) is 3.53. The molecule has 0 unspecified atom stereocenters. The Kier molecular flexibility index (Phi) is 5.34. The van der Waals surface area contributed by atoms with Gasteiger partial charge in [-0.15, -0.1) is 0 Å². The molecule has 4 nitrogen and oxygen atoms in total. The van der Waals surface area contributed by atoms with E-state index in [0.717, 1.165) is 12.8 Å². The largest absolute Gasteiger partial charge is 0.395 e. The fraction of sp³-hybridized carbons (Fsp3) is 0.562. The molecule has 2 rings (SSSR count). The lowest BCUT2D eigenvalue weighted by molar-refractivity contribution is 0.187. The van der Waals surface area contributed by atoms with Gasteiger partial charge in [-0.3, -0.25) is 0 Å². The number of amides is 2. The van der Waals surface area contributed by atoms with Crippen molar-refractivity contribution in [3.63, 3.8) is 0 Å². The second-order valence-electron chi connectivity index (χ2n) is 5.89. The third kappa shape index (κ3) is 3.38. The Hall–Kier alpha value is -1.69. The number of nitrogens with zero attached hydrogens (tertiary/aromatic N) is 1. The highest BCUT2D eigenvalue weighted by Crippen LogP contribution is 2.42. The molecule has 0 aromatic heterocycles. The molecule has 1 aliphatic rings. The molecule has 0 heterocycles. The fourth-order valence-corrected chi connectivity index (χ4v) is 3.20. The van der Waals surface area contributed by atoms with Crippen LogP contribution in [0.3, 0.4) is 0 Å². The minimum Gasteiger partial charge on any atom is -0.395 e. The summed E-state index contributed by atoms with van der Waals surface area (Å²) >= 11 is 0. The van der Waals surface area contributed by atoms with Crippen molar-refractivity contribution >= 4 is 6.03 Å². The summed E-state index contributed by atoms with van der Waals surface area (Å²) < 4.78 is 28.3. The molecular weight excluding hydrogens is 290 g/mol. The van der Waals surface area contributed by atoms with Crippen molar-refractivity contribution in [2.75, 3.05) is 26.7 Å². The summed E-state index contributed by atoms with van der Waals surface area (Å²) in [7, 11) is 1.57. The predicted molar refractivity (Wildman–Crippen MR) is 79.6 cm³/mol. The predicted octanol–water partition coefficient (Wildman–Crippen LogP) is 2.41. The molecule has 1 aromatic carbocycles. The average molecular weight is 312 g/mol. The fourth-order valence-electron chi connectivity index (χ4n) is 3.20. The van der Waals surface area contributed by atoms with Gasteiger partial charge in [0.15, 0.2) is 0 Å². The van der Waals surface area contributed by atoms with E-state index in [1.807, 2.05) is 0 Å². The highest BCUT2D eigenvalue weighted by molar-refractivity contribution is 5.74. The first kappa shape index (κ1) is 16.7. The molecule has 22 heavy (non-hydrogen) atoms. The second kappa shape index (κ2) is 7.05. The van der Waals surface area contributed by atoms with Crippen LogP contribution >= 0.6 is 0 Å². The van der Waals surface area contributed by atoms with Crippen molar-refractivity contribution < 1.29 is 18.7 Å². The molecule has 0 saturated heterocycles. The van der Waals surface area contributed by atoms with Gasteiger partial charge in [0.1, 0.15) is 11.6 Å². The molecule has 0 aliphatic heterocycles. The van der Waals surface area contributed by atoms with E-state index in [2.05, 4.69) is 5.32 Å². The zero-order valence-electron chi connectivity index (χ0n) is 12.7. The minimum absolute atomic E-state index is 0.0811. The Balaban J connectivity index is 2.18. The number of hydrogen-bond donors (Lipinski definition) is 2. The minimum atomic E-state index is -0.689. The highest BCUT2D eigenvalue weighted by Gasteiger charge is 2.40. The van der Waals surface area contributed by atoms with E-state index in [-0.39, 0.29) is 31.3 Å². The van der Waals surface area contributed by atoms with Crippen LogP contribution in [0.2, 0.25) is 0 Å². The van der Waals surface area contributed by atoms with Crippen molar-refractivity contribution in [2.45, 2.75) is 31.1 Å². The third-order valence-electron chi connectivity index (χ3n) is 4.41. The van der Waals surface area contributed by atoms with E-state index < -0.39 is 17.0 Å². The van der Waals surface area contributed by atoms with Gasteiger partial charge in [-0.2, -0.15) is 0 Å². The van der Waals surface area contributed by atoms with Gasteiger partial charge >= 0.3 is 6.03 Å². The molecule has 0 atom stereocenters. The number of carbonyl (C=O) groups is 1. The molecule has 2 amide bonds. The van der Waals surface area contributed by atoms with Crippen LogP contribution in [0.4, 0.5) is 13.6 Å². The zero-order chi connectivity index (χ0) is 16.2. The van der Waals surface area contributed by atoms with Gasteiger partial charge in [0, 0.05) is 31.1 Å². The molecule has 2 N–H and O–H groups in total. The van der Waals surface area contributed by atoms with Gasteiger partial charge in [0.25, 0.3) is 0 Å². The molecule has 1 aliphatic carbocycles. The zero-order valence-corrected chi connectivity index (χ0v) is 12.7. The Labute approximate surface area is 129 Å². The van der Waals surface area contributed by atoms with E-state index in [0.29, 0.717) is 12.8 Å². The molecule has 0 radical (unpaired) electrons. The van der Waals surface area contributed by atoms with Gasteiger partial charge in [-0.1, -0.05) is 18.9 Å². The SMILES string of the molecule is CN(CCO)C(=O)NCC1(c2c(F)cccc2F)CCCC1. The van der Waals surface area contributed by atoms with Crippen LogP contribution < -0.4 is 5.32 Å². The van der Waals surface area contributed by atoms with E-state index in [9.17, 15) is 13.6 Å². The molecule has 0 spiro atoms. The third-order valence-corrected chi connectivity index (χ3v) is 4.41. The van der Waals surface area contributed by atoms with Crippen LogP contribution in [-0.4, -0.2) is 42.8 Å². The lowest BCUT2D eigenvalue weighted by atomic mass is 9.78. The molecular formula is C16H22F2N2O2. The number of aliphatic hydroxyl groups excluding tert-OH is 1. The second-order valence-corrected chi connectivity index (χ2v) is 5.89. The van der Waals surface area contributed by atoms with Crippen LogP contribution in [0.15, 0.2) is 18.2 Å². The van der Waals surface area contributed by atoms with Crippen LogP contribution in [0, 0.1) is 11.6 Å². The average Bonchev–Trinajstić information content (AvgIpc) is 2.94. The van der Waals surface area contributed by atoms with Crippen LogP contribution in [0.1, 0.15) is 31.2 Å². The molecule has 1 saturated carbocycles. The molecule has 1 fully saturated rings. The number of nitrogens with one attached hydrogen (secondary N) is 1. The number of hydrogen-bond acceptors (Lipinski definition) is 2. The normalized spacial score (nSPS) is 16.5. The van der Waals surface area contributed by atoms with Gasteiger partial charge in [-0.05, 0) is 25.0 Å². The van der Waals surface area contributed by atoms with E-state index in [1.165, 1.54) is 23.1 Å².